The summed E-state index contributed by atoms with van der Waals surface area (Å²) in [6.45, 7) is 5.18. The molecule has 0 N–H and O–H groups in total. The summed E-state index contributed by atoms with van der Waals surface area (Å²) in [6, 6.07) is 12.5. The number of benzene rings is 1. The molecule has 0 spiro atoms. The van der Waals surface area contributed by atoms with Crippen LogP contribution in [0.5, 0.6) is 0 Å². The zero-order chi connectivity index (χ0) is 17.9. The molecule has 142 valence electrons. The highest BCUT2D eigenvalue weighted by atomic mass is 35.5. The number of anilines is 1. The second-order valence-electron chi connectivity index (χ2n) is 6.56. The number of hydrogen-bond donors (Lipinski definition) is 0. The summed E-state index contributed by atoms with van der Waals surface area (Å²) in [7, 11) is 0. The smallest absolute Gasteiger partial charge is 0.227 e. The van der Waals surface area contributed by atoms with Gasteiger partial charge in [-0.25, -0.2) is 4.98 Å². The van der Waals surface area contributed by atoms with Gasteiger partial charge in [-0.15, -0.1) is 23.7 Å². The van der Waals surface area contributed by atoms with E-state index in [4.69, 9.17) is 0 Å². The molecular weight excluding hydrogens is 380 g/mol. The summed E-state index contributed by atoms with van der Waals surface area (Å²) in [5.41, 5.74) is 2.35. The predicted octanol–water partition coefficient (Wildman–Crippen LogP) is 3.56. The molecule has 0 saturated carbocycles. The van der Waals surface area contributed by atoms with Gasteiger partial charge in [0.05, 0.1) is 6.42 Å². The highest BCUT2D eigenvalue weighted by Gasteiger charge is 2.24. The Kier molecular flexibility index (Phi) is 6.19. The molecule has 0 aliphatic carbocycles. The van der Waals surface area contributed by atoms with Crippen LogP contribution in [-0.2, 0) is 11.2 Å². The first kappa shape index (κ1) is 19.5. The fourth-order valence-electron chi connectivity index (χ4n) is 3.27. The van der Waals surface area contributed by atoms with Gasteiger partial charge in [-0.3, -0.25) is 9.36 Å². The second-order valence-corrected chi connectivity index (χ2v) is 7.59. The summed E-state index contributed by atoms with van der Waals surface area (Å²) < 4.78 is 2.11. The first-order valence-corrected chi connectivity index (χ1v) is 9.74. The molecule has 4 rings (SSSR count). The van der Waals surface area contributed by atoms with Crippen LogP contribution in [0, 0.1) is 6.92 Å². The van der Waals surface area contributed by atoms with E-state index in [1.165, 1.54) is 5.56 Å². The minimum atomic E-state index is 0. The lowest BCUT2D eigenvalue weighted by Gasteiger charge is -2.35. The summed E-state index contributed by atoms with van der Waals surface area (Å²) in [6.07, 6.45) is 4.34. The number of rotatable bonds is 4. The van der Waals surface area contributed by atoms with Crippen LogP contribution in [0.3, 0.4) is 0 Å². The number of amides is 1. The minimum Gasteiger partial charge on any atom is -0.339 e. The SMILES string of the molecule is Cc1ccc(-n2ccnc2N2CCN(C(=O)Cc3cccs3)CC2)cc1.Cl. The van der Waals surface area contributed by atoms with Crippen LogP contribution in [0.4, 0.5) is 5.95 Å². The van der Waals surface area contributed by atoms with Crippen molar-refractivity contribution in [3.63, 3.8) is 0 Å². The Morgan fingerprint density at radius 3 is 2.52 bits per heavy atom. The quantitative estimate of drug-likeness (QED) is 0.670. The van der Waals surface area contributed by atoms with Crippen LogP contribution in [0.25, 0.3) is 5.69 Å². The molecule has 7 heteroatoms. The van der Waals surface area contributed by atoms with Gasteiger partial charge in [0, 0.05) is 49.1 Å². The van der Waals surface area contributed by atoms with Gasteiger partial charge in [0.2, 0.25) is 11.9 Å². The molecule has 1 aliphatic rings. The highest BCUT2D eigenvalue weighted by molar-refractivity contribution is 7.10. The van der Waals surface area contributed by atoms with Gasteiger partial charge in [0.25, 0.3) is 0 Å². The molecule has 2 aromatic heterocycles. The number of imidazole rings is 1. The van der Waals surface area contributed by atoms with E-state index >= 15 is 0 Å². The lowest BCUT2D eigenvalue weighted by molar-refractivity contribution is -0.130. The van der Waals surface area contributed by atoms with Gasteiger partial charge in [0.1, 0.15) is 0 Å². The normalized spacial score (nSPS) is 14.1. The first-order chi connectivity index (χ1) is 12.7. The van der Waals surface area contributed by atoms with Crippen molar-refractivity contribution in [1.29, 1.82) is 0 Å². The Morgan fingerprint density at radius 1 is 1.11 bits per heavy atom. The predicted molar refractivity (Wildman–Crippen MR) is 112 cm³/mol. The van der Waals surface area contributed by atoms with E-state index < -0.39 is 0 Å². The van der Waals surface area contributed by atoms with Crippen LogP contribution < -0.4 is 4.90 Å². The van der Waals surface area contributed by atoms with Crippen molar-refractivity contribution in [3.05, 3.63) is 64.6 Å². The Hall–Kier alpha value is -2.31. The Labute approximate surface area is 169 Å². The van der Waals surface area contributed by atoms with Crippen LogP contribution in [0.2, 0.25) is 0 Å². The topological polar surface area (TPSA) is 41.4 Å². The monoisotopic (exact) mass is 402 g/mol. The Balaban J connectivity index is 0.00000210. The number of piperazine rings is 1. The molecule has 3 heterocycles. The Bertz CT molecular complexity index is 868. The zero-order valence-corrected chi connectivity index (χ0v) is 16.9. The second kappa shape index (κ2) is 8.59. The lowest BCUT2D eigenvalue weighted by Crippen LogP contribution is -2.49. The number of hydrogen-bond acceptors (Lipinski definition) is 4. The maximum atomic E-state index is 12.5. The number of thiophene rings is 1. The number of aryl methyl sites for hydroxylation is 1. The molecule has 1 aliphatic heterocycles. The van der Waals surface area contributed by atoms with Crippen molar-refractivity contribution in [3.8, 4) is 5.69 Å². The van der Waals surface area contributed by atoms with Gasteiger partial charge in [0.15, 0.2) is 0 Å². The highest BCUT2D eigenvalue weighted by Crippen LogP contribution is 2.20. The molecular formula is C20H23ClN4OS. The maximum Gasteiger partial charge on any atom is 0.227 e. The largest absolute Gasteiger partial charge is 0.339 e. The number of carbonyl (C=O) groups is 1. The van der Waals surface area contributed by atoms with Crippen LogP contribution in [0.1, 0.15) is 10.4 Å². The standard InChI is InChI=1S/C20H22N4OS.ClH/c1-16-4-6-17(7-5-16)24-9-8-21-20(24)23-12-10-22(11-13-23)19(25)15-18-3-2-14-26-18;/h2-9,14H,10-13,15H2,1H3;1H. The Morgan fingerprint density at radius 2 is 1.85 bits per heavy atom. The summed E-state index contributed by atoms with van der Waals surface area (Å²) >= 11 is 1.64. The third kappa shape index (κ3) is 4.34. The van der Waals surface area contributed by atoms with Crippen LogP contribution in [0.15, 0.2) is 54.2 Å². The molecule has 0 radical (unpaired) electrons. The summed E-state index contributed by atoms with van der Waals surface area (Å²) in [4.78, 5) is 22.4. The summed E-state index contributed by atoms with van der Waals surface area (Å²) in [5.74, 6) is 1.16. The van der Waals surface area contributed by atoms with E-state index in [-0.39, 0.29) is 18.3 Å². The average Bonchev–Trinajstić information content (AvgIpc) is 3.34. The molecule has 0 bridgehead atoms. The van der Waals surface area contributed by atoms with Crippen molar-refractivity contribution in [2.24, 2.45) is 0 Å². The fourth-order valence-corrected chi connectivity index (χ4v) is 3.96. The van der Waals surface area contributed by atoms with Gasteiger partial charge < -0.3 is 9.80 Å². The van der Waals surface area contributed by atoms with Crippen molar-refractivity contribution in [1.82, 2.24) is 14.5 Å². The average molecular weight is 403 g/mol. The van der Waals surface area contributed by atoms with Gasteiger partial charge in [-0.1, -0.05) is 23.8 Å². The van der Waals surface area contributed by atoms with Crippen molar-refractivity contribution >= 4 is 35.6 Å². The molecule has 1 fully saturated rings. The van der Waals surface area contributed by atoms with Crippen molar-refractivity contribution in [2.45, 2.75) is 13.3 Å². The fraction of sp³-hybridized carbons (Fsp3) is 0.300. The molecule has 0 unspecified atom stereocenters. The summed E-state index contributed by atoms with van der Waals surface area (Å²) in [5, 5.41) is 2.02. The van der Waals surface area contributed by atoms with E-state index in [1.54, 1.807) is 11.3 Å². The maximum absolute atomic E-state index is 12.5. The van der Waals surface area contributed by atoms with Crippen molar-refractivity contribution in [2.75, 3.05) is 31.1 Å². The van der Waals surface area contributed by atoms with E-state index in [0.29, 0.717) is 6.42 Å². The third-order valence-corrected chi connectivity index (χ3v) is 5.63. The number of halogens is 1. The van der Waals surface area contributed by atoms with E-state index in [1.807, 2.05) is 34.8 Å². The van der Waals surface area contributed by atoms with Crippen LogP contribution in [-0.4, -0.2) is 46.5 Å². The molecule has 1 aromatic carbocycles. The minimum absolute atomic E-state index is 0. The van der Waals surface area contributed by atoms with E-state index in [0.717, 1.165) is 42.7 Å². The number of nitrogens with zero attached hydrogens (tertiary/aromatic N) is 4. The van der Waals surface area contributed by atoms with Gasteiger partial charge >= 0.3 is 0 Å². The molecule has 27 heavy (non-hydrogen) atoms. The van der Waals surface area contributed by atoms with Crippen molar-refractivity contribution < 1.29 is 4.79 Å². The number of aromatic nitrogens is 2. The van der Waals surface area contributed by atoms with E-state index in [9.17, 15) is 4.79 Å². The molecule has 0 atom stereocenters. The van der Waals surface area contributed by atoms with Crippen LogP contribution >= 0.6 is 23.7 Å². The molecule has 5 nitrogen and oxygen atoms in total. The molecule has 1 amide bonds. The van der Waals surface area contributed by atoms with Gasteiger partial charge in [-0.2, -0.15) is 0 Å². The number of carbonyl (C=O) groups excluding carboxylic acids is 1. The molecule has 3 aromatic rings. The van der Waals surface area contributed by atoms with E-state index in [2.05, 4.69) is 45.6 Å². The van der Waals surface area contributed by atoms with Gasteiger partial charge in [-0.05, 0) is 30.5 Å². The molecule has 1 saturated heterocycles. The first-order valence-electron chi connectivity index (χ1n) is 8.86. The zero-order valence-electron chi connectivity index (χ0n) is 15.2. The lowest BCUT2D eigenvalue weighted by atomic mass is 10.2. The third-order valence-electron chi connectivity index (χ3n) is 4.75.